The minimum Gasteiger partial charge on any atom is -0.318 e. The summed E-state index contributed by atoms with van der Waals surface area (Å²) in [6, 6.07) is 11.0. The van der Waals surface area contributed by atoms with Crippen LogP contribution in [0.25, 0.3) is 0 Å². The Morgan fingerprint density at radius 1 is 1.00 bits per heavy atom. The van der Waals surface area contributed by atoms with Crippen molar-refractivity contribution in [3.8, 4) is 5.40 Å². The fraction of sp³-hybridized carbons (Fsp3) is 0. The van der Waals surface area contributed by atoms with E-state index in [1.807, 2.05) is 5.40 Å². The smallest absolute Gasteiger partial charge is 0.314 e. The number of thioether (sulfide) groups is 1. The molecule has 5 nitrogen and oxygen atoms in total. The summed E-state index contributed by atoms with van der Waals surface area (Å²) in [5.41, 5.74) is 0.685. The highest BCUT2D eigenvalue weighted by atomic mass is 35.5. The normalized spacial score (nSPS) is 9.78. The first-order valence-electron chi connectivity index (χ1n) is 6.23. The molecule has 0 heterocycles. The number of anilines is 2. The second-order valence-corrected chi connectivity index (χ2v) is 5.95. The Bertz CT molecular complexity index is 788. The van der Waals surface area contributed by atoms with E-state index in [0.29, 0.717) is 10.7 Å². The van der Waals surface area contributed by atoms with Crippen molar-refractivity contribution in [2.45, 2.75) is 4.90 Å². The molecule has 2 aromatic rings. The van der Waals surface area contributed by atoms with Gasteiger partial charge in [0.25, 0.3) is 0 Å². The number of benzene rings is 2. The van der Waals surface area contributed by atoms with Gasteiger partial charge in [-0.2, -0.15) is 5.26 Å². The maximum atomic E-state index is 11.9. The number of hydrogen-bond donors (Lipinski definition) is 2. The second kappa shape index (κ2) is 7.88. The van der Waals surface area contributed by atoms with E-state index in [0.717, 1.165) is 16.7 Å². The van der Waals surface area contributed by atoms with Crippen LogP contribution in [0.5, 0.6) is 0 Å². The average Bonchev–Trinajstić information content (AvgIpc) is 2.53. The number of nitrogens with one attached hydrogen (secondary N) is 2. The monoisotopic (exact) mass is 365 g/mol. The zero-order chi connectivity index (χ0) is 16.8. The highest BCUT2D eigenvalue weighted by Gasteiger charge is 2.15. The first-order valence-corrected chi connectivity index (χ1v) is 7.80. The molecule has 8 heteroatoms. The van der Waals surface area contributed by atoms with Crippen LogP contribution in [0.3, 0.4) is 0 Å². The quantitative estimate of drug-likeness (QED) is 0.486. The van der Waals surface area contributed by atoms with Crippen LogP contribution in [0, 0.1) is 10.7 Å². The van der Waals surface area contributed by atoms with E-state index in [1.54, 1.807) is 30.3 Å². The predicted molar refractivity (Wildman–Crippen MR) is 91.6 cm³/mol. The van der Waals surface area contributed by atoms with Crippen molar-refractivity contribution in [3.05, 3.63) is 52.5 Å². The maximum Gasteiger partial charge on any atom is 0.314 e. The minimum absolute atomic E-state index is 0.250. The van der Waals surface area contributed by atoms with Gasteiger partial charge in [-0.3, -0.25) is 9.59 Å². The van der Waals surface area contributed by atoms with Crippen LogP contribution < -0.4 is 10.6 Å². The van der Waals surface area contributed by atoms with Gasteiger partial charge in [0.2, 0.25) is 0 Å². The molecular weight excluding hydrogens is 357 g/mol. The Balaban J connectivity index is 2.01. The number of thiocyanates is 1. The van der Waals surface area contributed by atoms with E-state index in [9.17, 15) is 9.59 Å². The molecule has 0 spiro atoms. The van der Waals surface area contributed by atoms with Gasteiger partial charge in [-0.15, -0.1) is 0 Å². The van der Waals surface area contributed by atoms with Gasteiger partial charge in [-0.05, 0) is 54.2 Å². The van der Waals surface area contributed by atoms with Gasteiger partial charge < -0.3 is 10.6 Å². The molecule has 0 aromatic heterocycles. The van der Waals surface area contributed by atoms with Crippen LogP contribution in [0.2, 0.25) is 10.0 Å². The number of nitrogens with zero attached hydrogens (tertiary/aromatic N) is 1. The molecule has 2 amide bonds. The van der Waals surface area contributed by atoms with Crippen LogP contribution in [0.15, 0.2) is 47.4 Å². The van der Waals surface area contributed by atoms with Gasteiger partial charge in [0.05, 0.1) is 10.7 Å². The first-order chi connectivity index (χ1) is 11.0. The molecule has 2 aromatic carbocycles. The Morgan fingerprint density at radius 3 is 2.30 bits per heavy atom. The summed E-state index contributed by atoms with van der Waals surface area (Å²) in [7, 11) is 0. The van der Waals surface area contributed by atoms with Crippen LogP contribution in [0.4, 0.5) is 11.4 Å². The Morgan fingerprint density at radius 2 is 1.65 bits per heavy atom. The van der Waals surface area contributed by atoms with E-state index in [-0.39, 0.29) is 10.7 Å². The number of carbonyl (C=O) groups excluding carboxylic acids is 2. The third-order valence-electron chi connectivity index (χ3n) is 2.66. The summed E-state index contributed by atoms with van der Waals surface area (Å²) in [4.78, 5) is 24.5. The molecule has 116 valence electrons. The molecule has 0 saturated heterocycles. The van der Waals surface area contributed by atoms with Gasteiger partial charge in [0, 0.05) is 15.6 Å². The van der Waals surface area contributed by atoms with Crippen LogP contribution in [0.1, 0.15) is 0 Å². The lowest BCUT2D eigenvalue weighted by atomic mass is 10.3. The number of rotatable bonds is 3. The molecule has 0 aliphatic heterocycles. The topological polar surface area (TPSA) is 82.0 Å². The highest BCUT2D eigenvalue weighted by Crippen LogP contribution is 2.25. The van der Waals surface area contributed by atoms with Crippen molar-refractivity contribution in [2.75, 3.05) is 10.6 Å². The van der Waals surface area contributed by atoms with Crippen LogP contribution in [-0.4, -0.2) is 11.8 Å². The average molecular weight is 366 g/mol. The Labute approximate surface area is 146 Å². The van der Waals surface area contributed by atoms with Crippen LogP contribution >= 0.6 is 35.0 Å². The van der Waals surface area contributed by atoms with Gasteiger partial charge in [0.15, 0.2) is 0 Å². The predicted octanol–water partition coefficient (Wildman–Crippen LogP) is 4.14. The van der Waals surface area contributed by atoms with Crippen molar-refractivity contribution < 1.29 is 9.59 Å². The maximum absolute atomic E-state index is 11.9. The Hall–Kier alpha value is -2.20. The molecule has 0 unspecified atom stereocenters. The second-order valence-electron chi connectivity index (χ2n) is 4.25. The summed E-state index contributed by atoms with van der Waals surface area (Å²) in [6.07, 6.45) is 0. The molecule has 0 radical (unpaired) electrons. The van der Waals surface area contributed by atoms with E-state index in [1.165, 1.54) is 12.1 Å². The van der Waals surface area contributed by atoms with Crippen molar-refractivity contribution in [2.24, 2.45) is 0 Å². The summed E-state index contributed by atoms with van der Waals surface area (Å²) >= 11 is 12.7. The SMILES string of the molecule is N#CSc1ccc(NC(=O)C(=O)Nc2cc(Cl)ccc2Cl)cc1. The highest BCUT2D eigenvalue weighted by molar-refractivity contribution is 8.03. The van der Waals surface area contributed by atoms with Crippen molar-refractivity contribution >= 4 is 58.2 Å². The number of amides is 2. The van der Waals surface area contributed by atoms with Crippen molar-refractivity contribution in [1.29, 1.82) is 5.26 Å². The lowest BCUT2D eigenvalue weighted by molar-refractivity contribution is -0.132. The van der Waals surface area contributed by atoms with Crippen LogP contribution in [-0.2, 0) is 9.59 Å². The summed E-state index contributed by atoms with van der Waals surface area (Å²) in [5, 5.41) is 16.0. The molecule has 0 aliphatic carbocycles. The van der Waals surface area contributed by atoms with Gasteiger partial charge >= 0.3 is 11.8 Å². The zero-order valence-corrected chi connectivity index (χ0v) is 13.8. The fourth-order valence-electron chi connectivity index (χ4n) is 1.62. The molecule has 0 saturated carbocycles. The standard InChI is InChI=1S/C15H9Cl2N3O2S/c16-9-1-6-12(17)13(7-9)20-15(22)14(21)19-10-2-4-11(5-3-10)23-8-18/h1-7H,(H,19,21)(H,20,22). The largest absolute Gasteiger partial charge is 0.318 e. The van der Waals surface area contributed by atoms with Gasteiger partial charge in [-0.1, -0.05) is 23.2 Å². The molecule has 0 aliphatic rings. The lowest BCUT2D eigenvalue weighted by Gasteiger charge is -2.08. The minimum atomic E-state index is -0.871. The van der Waals surface area contributed by atoms with E-state index in [4.69, 9.17) is 28.5 Å². The Kier molecular flexibility index (Phi) is 5.88. The van der Waals surface area contributed by atoms with Gasteiger partial charge in [-0.25, -0.2) is 0 Å². The molecule has 23 heavy (non-hydrogen) atoms. The number of hydrogen-bond acceptors (Lipinski definition) is 4. The third-order valence-corrected chi connectivity index (χ3v) is 3.82. The summed E-state index contributed by atoms with van der Waals surface area (Å²) in [6.45, 7) is 0. The number of halogens is 2. The molecule has 2 rings (SSSR count). The summed E-state index contributed by atoms with van der Waals surface area (Å²) < 4.78 is 0. The fourth-order valence-corrected chi connectivity index (χ4v) is 2.33. The molecule has 0 bridgehead atoms. The third kappa shape index (κ3) is 4.89. The molecular formula is C15H9Cl2N3O2S. The van der Waals surface area contributed by atoms with E-state index in [2.05, 4.69) is 10.6 Å². The number of nitriles is 1. The first kappa shape index (κ1) is 17.2. The number of carbonyl (C=O) groups is 2. The van der Waals surface area contributed by atoms with E-state index < -0.39 is 11.8 Å². The molecule has 2 N–H and O–H groups in total. The summed E-state index contributed by atoms with van der Waals surface area (Å²) in [5.74, 6) is -1.72. The van der Waals surface area contributed by atoms with Crippen molar-refractivity contribution in [3.63, 3.8) is 0 Å². The van der Waals surface area contributed by atoms with Crippen molar-refractivity contribution in [1.82, 2.24) is 0 Å². The molecule has 0 atom stereocenters. The lowest BCUT2D eigenvalue weighted by Crippen LogP contribution is -2.29. The van der Waals surface area contributed by atoms with E-state index >= 15 is 0 Å². The zero-order valence-electron chi connectivity index (χ0n) is 11.5. The van der Waals surface area contributed by atoms with Gasteiger partial charge in [0.1, 0.15) is 5.40 Å². The molecule has 0 fully saturated rings.